The molecule has 176 valence electrons. The fourth-order valence-corrected chi connectivity index (χ4v) is 6.57. The molecule has 2 bridgehead atoms. The van der Waals surface area contributed by atoms with Crippen LogP contribution in [0.3, 0.4) is 0 Å². The number of benzene rings is 2. The minimum absolute atomic E-state index is 0.0796. The zero-order chi connectivity index (χ0) is 23.0. The zero-order valence-electron chi connectivity index (χ0n) is 19.2. The van der Waals surface area contributed by atoms with E-state index in [1.165, 1.54) is 0 Å². The highest BCUT2D eigenvalue weighted by atomic mass is 17.3. The van der Waals surface area contributed by atoms with Crippen molar-refractivity contribution in [1.82, 2.24) is 0 Å². The molecule has 2 aromatic carbocycles. The SMILES string of the molecule is C[C@H]1[C@@H](Oc2ccc3cc(C(=O)O)ccc3c2)O[C@@H]2O[C@@]3(C)CC[C@H]4[C@H](C)CC[C@@H]1[C@@]24OO3. The normalized spacial score (nSPS) is 41.9. The van der Waals surface area contributed by atoms with E-state index < -0.39 is 29.9 Å². The number of carboxylic acids is 1. The molecule has 4 heterocycles. The lowest BCUT2D eigenvalue weighted by molar-refractivity contribution is -0.575. The van der Waals surface area contributed by atoms with Crippen LogP contribution in [0.25, 0.3) is 10.8 Å². The number of aromatic carboxylic acids is 1. The predicted octanol–water partition coefficient (Wildman–Crippen LogP) is 5.12. The third-order valence-corrected chi connectivity index (χ3v) is 8.41. The van der Waals surface area contributed by atoms with E-state index in [4.69, 9.17) is 24.0 Å². The summed E-state index contributed by atoms with van der Waals surface area (Å²) in [5.41, 5.74) is -0.341. The number of hydrogen-bond donors (Lipinski definition) is 1. The number of carboxylic acid groups (broad SMARTS) is 1. The van der Waals surface area contributed by atoms with E-state index >= 15 is 0 Å². The molecule has 33 heavy (non-hydrogen) atoms. The van der Waals surface area contributed by atoms with E-state index in [2.05, 4.69) is 13.8 Å². The fourth-order valence-electron chi connectivity index (χ4n) is 6.57. The highest BCUT2D eigenvalue weighted by Crippen LogP contribution is 2.60. The standard InChI is InChI=1S/C26H30O7/c1-14-4-9-21-15(2)23(30-24-26(21)20(14)10-11-25(3,31-24)32-33-26)29-19-8-7-16-12-18(22(27)28)6-5-17(16)13-19/h5-8,12-15,20-21,23-24H,4,9-11H2,1-3H3,(H,27,28)/t14-,15-,20+,21+,23+,24-,25-,26-/m1/s1. The van der Waals surface area contributed by atoms with Crippen LogP contribution in [0.1, 0.15) is 56.8 Å². The molecule has 4 saturated heterocycles. The Balaban J connectivity index is 1.31. The summed E-state index contributed by atoms with van der Waals surface area (Å²) in [7, 11) is 0. The summed E-state index contributed by atoms with van der Waals surface area (Å²) in [6, 6.07) is 10.7. The molecule has 0 radical (unpaired) electrons. The van der Waals surface area contributed by atoms with Gasteiger partial charge in [-0.05, 0) is 73.1 Å². The molecule has 7 nitrogen and oxygen atoms in total. The van der Waals surface area contributed by atoms with Gasteiger partial charge in [0.15, 0.2) is 11.9 Å². The lowest BCUT2D eigenvalue weighted by atomic mass is 9.58. The minimum Gasteiger partial charge on any atom is -0.478 e. The summed E-state index contributed by atoms with van der Waals surface area (Å²) < 4.78 is 19.3. The first-order chi connectivity index (χ1) is 15.8. The van der Waals surface area contributed by atoms with Gasteiger partial charge in [-0.15, -0.1) is 0 Å². The first-order valence-electron chi connectivity index (χ1n) is 11.9. The van der Waals surface area contributed by atoms with Gasteiger partial charge >= 0.3 is 5.97 Å². The molecule has 7 rings (SSSR count). The third-order valence-electron chi connectivity index (χ3n) is 8.41. The van der Waals surface area contributed by atoms with Gasteiger partial charge in [-0.3, -0.25) is 0 Å². The van der Waals surface area contributed by atoms with Gasteiger partial charge in [0, 0.05) is 18.3 Å². The highest BCUT2D eigenvalue weighted by Gasteiger charge is 2.69. The monoisotopic (exact) mass is 454 g/mol. The average Bonchev–Trinajstić information content (AvgIpc) is 3.02. The molecule has 8 atom stereocenters. The summed E-state index contributed by atoms with van der Waals surface area (Å²) in [4.78, 5) is 23.3. The number of fused-ring (bicyclic) bond motifs is 3. The molecule has 2 aromatic rings. The Morgan fingerprint density at radius 2 is 1.82 bits per heavy atom. The van der Waals surface area contributed by atoms with E-state index in [1.807, 2.05) is 25.1 Å². The Kier molecular flexibility index (Phi) is 4.79. The van der Waals surface area contributed by atoms with Crippen molar-refractivity contribution in [3.05, 3.63) is 42.0 Å². The number of hydrogen-bond acceptors (Lipinski definition) is 6. The third kappa shape index (κ3) is 3.21. The summed E-state index contributed by atoms with van der Waals surface area (Å²) >= 11 is 0. The summed E-state index contributed by atoms with van der Waals surface area (Å²) in [5.74, 6) is 0.0427. The van der Waals surface area contributed by atoms with Crippen LogP contribution < -0.4 is 4.74 Å². The van der Waals surface area contributed by atoms with Crippen molar-refractivity contribution in [2.45, 2.75) is 70.4 Å². The maximum Gasteiger partial charge on any atom is 0.335 e. The molecule has 1 aliphatic carbocycles. The molecule has 5 aliphatic rings. The highest BCUT2D eigenvalue weighted by molar-refractivity contribution is 5.94. The van der Waals surface area contributed by atoms with Crippen LogP contribution in [-0.2, 0) is 19.2 Å². The molecule has 1 N–H and O–H groups in total. The van der Waals surface area contributed by atoms with Gasteiger partial charge < -0.3 is 19.3 Å². The van der Waals surface area contributed by atoms with Crippen molar-refractivity contribution in [3.8, 4) is 5.75 Å². The summed E-state index contributed by atoms with van der Waals surface area (Å²) in [6.07, 6.45) is 2.90. The topological polar surface area (TPSA) is 83.5 Å². The van der Waals surface area contributed by atoms with Gasteiger partial charge in [0.1, 0.15) is 5.75 Å². The maximum atomic E-state index is 11.3. The van der Waals surface area contributed by atoms with Gasteiger partial charge in [0.2, 0.25) is 12.1 Å². The quantitative estimate of drug-likeness (QED) is 0.644. The Morgan fingerprint density at radius 1 is 1.03 bits per heavy atom. The van der Waals surface area contributed by atoms with Crippen LogP contribution in [-0.4, -0.2) is 35.0 Å². The van der Waals surface area contributed by atoms with Crippen molar-refractivity contribution in [2.75, 3.05) is 0 Å². The van der Waals surface area contributed by atoms with Gasteiger partial charge in [0.25, 0.3) is 0 Å². The molecule has 4 aliphatic heterocycles. The van der Waals surface area contributed by atoms with E-state index in [0.29, 0.717) is 17.6 Å². The largest absolute Gasteiger partial charge is 0.478 e. The summed E-state index contributed by atoms with van der Waals surface area (Å²) in [5, 5.41) is 11.0. The Bertz CT molecular complexity index is 1100. The first kappa shape index (κ1) is 21.4. The van der Waals surface area contributed by atoms with Crippen molar-refractivity contribution in [3.63, 3.8) is 0 Å². The van der Waals surface area contributed by atoms with E-state index in [1.54, 1.807) is 18.2 Å². The number of rotatable bonds is 3. The van der Waals surface area contributed by atoms with Crippen LogP contribution >= 0.6 is 0 Å². The molecule has 0 amide bonds. The zero-order valence-corrected chi connectivity index (χ0v) is 19.2. The fraction of sp³-hybridized carbons (Fsp3) is 0.577. The Labute approximate surface area is 192 Å². The van der Waals surface area contributed by atoms with Gasteiger partial charge in [-0.25, -0.2) is 14.6 Å². The predicted molar refractivity (Wildman–Crippen MR) is 118 cm³/mol. The van der Waals surface area contributed by atoms with Crippen molar-refractivity contribution in [2.24, 2.45) is 23.7 Å². The number of ether oxygens (including phenoxy) is 3. The second-order valence-corrected chi connectivity index (χ2v) is 10.4. The molecule has 1 saturated carbocycles. The number of carbonyl (C=O) groups is 1. The van der Waals surface area contributed by atoms with Gasteiger partial charge in [-0.2, -0.15) is 0 Å². The molecular formula is C26H30O7. The summed E-state index contributed by atoms with van der Waals surface area (Å²) in [6.45, 7) is 6.38. The van der Waals surface area contributed by atoms with Crippen LogP contribution in [0.5, 0.6) is 5.75 Å². The first-order valence-corrected chi connectivity index (χ1v) is 11.9. The van der Waals surface area contributed by atoms with Crippen LogP contribution in [0, 0.1) is 23.7 Å². The van der Waals surface area contributed by atoms with Crippen molar-refractivity contribution >= 4 is 16.7 Å². The molecule has 0 unspecified atom stereocenters. The Morgan fingerprint density at radius 3 is 2.64 bits per heavy atom. The minimum atomic E-state index is -0.937. The smallest absolute Gasteiger partial charge is 0.335 e. The maximum absolute atomic E-state index is 11.3. The van der Waals surface area contributed by atoms with Crippen LogP contribution in [0.4, 0.5) is 0 Å². The van der Waals surface area contributed by atoms with E-state index in [-0.39, 0.29) is 17.4 Å². The van der Waals surface area contributed by atoms with Gasteiger partial charge in [0.05, 0.1) is 5.56 Å². The molecule has 5 fully saturated rings. The average molecular weight is 455 g/mol. The molecule has 1 spiro atoms. The van der Waals surface area contributed by atoms with Gasteiger partial charge in [-0.1, -0.05) is 26.0 Å². The van der Waals surface area contributed by atoms with E-state index in [9.17, 15) is 9.90 Å². The Hall–Kier alpha value is -2.19. The lowest BCUT2D eigenvalue weighted by Crippen LogP contribution is -2.70. The van der Waals surface area contributed by atoms with E-state index in [0.717, 1.165) is 36.5 Å². The van der Waals surface area contributed by atoms with Crippen molar-refractivity contribution < 1.29 is 33.9 Å². The van der Waals surface area contributed by atoms with Crippen LogP contribution in [0.2, 0.25) is 0 Å². The molecule has 0 aromatic heterocycles. The molecule has 7 heteroatoms. The lowest BCUT2D eigenvalue weighted by Gasteiger charge is -2.60. The second kappa shape index (κ2) is 7.40. The second-order valence-electron chi connectivity index (χ2n) is 10.4. The van der Waals surface area contributed by atoms with Crippen molar-refractivity contribution in [1.29, 1.82) is 0 Å². The molecular weight excluding hydrogens is 424 g/mol. The van der Waals surface area contributed by atoms with Crippen LogP contribution in [0.15, 0.2) is 36.4 Å².